The molecule has 1 N–H and O–H groups in total. The normalized spacial score (nSPS) is 29.0. The van der Waals surface area contributed by atoms with E-state index < -0.39 is 35.0 Å². The third-order valence-electron chi connectivity index (χ3n) is 10.2. The van der Waals surface area contributed by atoms with Crippen LogP contribution in [0.15, 0.2) is 78.4 Å². The molecule has 2 saturated heterocycles. The fourth-order valence-corrected chi connectivity index (χ4v) is 9.22. The fraction of sp³-hybridized carbons (Fsp3) is 0.314. The number of ether oxygens (including phenoxy) is 1. The van der Waals surface area contributed by atoms with Crippen molar-refractivity contribution in [1.82, 2.24) is 4.90 Å². The van der Waals surface area contributed by atoms with E-state index in [1.165, 1.54) is 16.9 Å². The molecule has 3 aromatic rings. The maximum absolute atomic E-state index is 15.2. The first-order chi connectivity index (χ1) is 21.6. The van der Waals surface area contributed by atoms with Crippen LogP contribution in [0.4, 0.5) is 5.69 Å². The van der Waals surface area contributed by atoms with Crippen LogP contribution in [0, 0.1) is 27.2 Å². The predicted molar refractivity (Wildman–Crippen MR) is 176 cm³/mol. The average molecular weight is 737 g/mol. The van der Waals surface area contributed by atoms with Gasteiger partial charge in [-0.1, -0.05) is 59.6 Å². The minimum Gasteiger partial charge on any atom is -0.504 e. The van der Waals surface area contributed by atoms with Crippen LogP contribution >= 0.6 is 34.2 Å². The summed E-state index contributed by atoms with van der Waals surface area (Å²) in [6.45, 7) is 2.07. The summed E-state index contributed by atoms with van der Waals surface area (Å²) in [4.78, 5) is 59.7. The van der Waals surface area contributed by atoms with Crippen LogP contribution in [0.3, 0.4) is 0 Å². The lowest BCUT2D eigenvalue weighted by Gasteiger charge is -2.50. The van der Waals surface area contributed by atoms with Crippen LogP contribution in [0.5, 0.6) is 11.5 Å². The number of amides is 4. The molecule has 4 aliphatic rings. The number of phenols is 1. The molecule has 0 unspecified atom stereocenters. The number of nitrogens with zero attached hydrogens (tertiary/aromatic N) is 2. The number of likely N-dealkylation sites (tertiary alicyclic amines) is 1. The number of rotatable bonds is 5. The number of fused-ring (bicyclic) bond motifs is 4. The monoisotopic (exact) mass is 736 g/mol. The predicted octanol–water partition coefficient (Wildman–Crippen LogP) is 5.84. The lowest BCUT2D eigenvalue weighted by molar-refractivity contribution is -0.140. The van der Waals surface area contributed by atoms with Gasteiger partial charge in [0.05, 0.1) is 39.5 Å². The Labute approximate surface area is 279 Å². The zero-order chi connectivity index (χ0) is 31.8. The van der Waals surface area contributed by atoms with Crippen molar-refractivity contribution in [2.45, 2.75) is 31.1 Å². The minimum absolute atomic E-state index is 0.0262. The van der Waals surface area contributed by atoms with Gasteiger partial charge in [0.1, 0.15) is 0 Å². The van der Waals surface area contributed by atoms with Crippen molar-refractivity contribution in [3.8, 4) is 11.5 Å². The summed E-state index contributed by atoms with van der Waals surface area (Å²) < 4.78 is 6.09. The summed E-state index contributed by atoms with van der Waals surface area (Å²) in [6, 6.07) is 19.6. The van der Waals surface area contributed by atoms with Crippen LogP contribution in [0.25, 0.3) is 0 Å². The third kappa shape index (κ3) is 4.15. The Morgan fingerprint density at radius 1 is 0.978 bits per heavy atom. The standard InChI is InChI=1S/C35H30ClIN2O6/c1-3-38-31(41)23-13-12-22-24(28(23)33(38)43)17-25-32(42)39(21-11-7-10-20(36)16-21)34(44)35(25,19-8-5-4-6-9-19)29(22)18-14-26(37)30(40)27(15-18)45-2/h4-12,14-16,23-25,28-29,40H,3,13,17H2,1-2H3/t23-,24+,25-,28-,29-,35+/m0/s1. The molecule has 0 radical (unpaired) electrons. The molecule has 0 aromatic heterocycles. The fourth-order valence-electron chi connectivity index (χ4n) is 8.41. The molecule has 10 heteroatoms. The summed E-state index contributed by atoms with van der Waals surface area (Å²) in [5.74, 6) is -4.10. The maximum atomic E-state index is 15.2. The van der Waals surface area contributed by atoms with Gasteiger partial charge in [-0.05, 0) is 89.7 Å². The van der Waals surface area contributed by atoms with E-state index in [2.05, 4.69) is 0 Å². The second kappa shape index (κ2) is 11.0. The van der Waals surface area contributed by atoms with Gasteiger partial charge in [0, 0.05) is 17.5 Å². The molecular weight excluding hydrogens is 707 g/mol. The van der Waals surface area contributed by atoms with E-state index in [0.29, 0.717) is 31.8 Å². The molecule has 230 valence electrons. The number of benzene rings is 3. The van der Waals surface area contributed by atoms with E-state index in [-0.39, 0.29) is 48.1 Å². The van der Waals surface area contributed by atoms with Crippen LogP contribution < -0.4 is 9.64 Å². The Balaban J connectivity index is 1.53. The van der Waals surface area contributed by atoms with E-state index in [9.17, 15) is 19.5 Å². The molecular formula is C35H30ClIN2O6. The summed E-state index contributed by atoms with van der Waals surface area (Å²) >= 11 is 8.40. The molecule has 8 nitrogen and oxygen atoms in total. The number of allylic oxidation sites excluding steroid dienone is 2. The van der Waals surface area contributed by atoms with Gasteiger partial charge in [0.2, 0.25) is 23.6 Å². The highest BCUT2D eigenvalue weighted by atomic mass is 127. The molecule has 0 bridgehead atoms. The van der Waals surface area contributed by atoms with E-state index in [4.69, 9.17) is 16.3 Å². The Morgan fingerprint density at radius 2 is 1.73 bits per heavy atom. The average Bonchev–Trinajstić information content (AvgIpc) is 3.42. The number of phenolic OH excluding ortho intramolecular Hbond substituents is 1. The molecule has 3 aromatic carbocycles. The van der Waals surface area contributed by atoms with Gasteiger partial charge in [-0.15, -0.1) is 0 Å². The minimum atomic E-state index is -1.39. The molecule has 3 fully saturated rings. The van der Waals surface area contributed by atoms with Crippen molar-refractivity contribution in [3.63, 3.8) is 0 Å². The first-order valence-electron chi connectivity index (χ1n) is 15.0. The highest BCUT2D eigenvalue weighted by molar-refractivity contribution is 14.1. The number of hydrogen-bond acceptors (Lipinski definition) is 6. The van der Waals surface area contributed by atoms with Crippen molar-refractivity contribution in [3.05, 3.63) is 98.1 Å². The van der Waals surface area contributed by atoms with Crippen molar-refractivity contribution in [2.75, 3.05) is 18.6 Å². The summed E-state index contributed by atoms with van der Waals surface area (Å²) in [6.07, 6.45) is 2.60. The van der Waals surface area contributed by atoms with Crippen LogP contribution in [0.1, 0.15) is 36.8 Å². The van der Waals surface area contributed by atoms with E-state index in [0.717, 1.165) is 5.57 Å². The first kappa shape index (κ1) is 30.0. The summed E-state index contributed by atoms with van der Waals surface area (Å²) in [5, 5.41) is 11.2. The zero-order valence-electron chi connectivity index (χ0n) is 24.6. The Kier molecular flexibility index (Phi) is 7.31. The third-order valence-corrected chi connectivity index (χ3v) is 11.2. The van der Waals surface area contributed by atoms with Gasteiger partial charge in [0.25, 0.3) is 0 Å². The number of imide groups is 2. The zero-order valence-corrected chi connectivity index (χ0v) is 27.5. The smallest absolute Gasteiger partial charge is 0.246 e. The van der Waals surface area contributed by atoms with Gasteiger partial charge in [-0.25, -0.2) is 4.90 Å². The molecule has 0 spiro atoms. The van der Waals surface area contributed by atoms with Gasteiger partial charge >= 0.3 is 0 Å². The van der Waals surface area contributed by atoms with Crippen LogP contribution in [-0.2, 0) is 24.6 Å². The topological polar surface area (TPSA) is 104 Å². The molecule has 7 rings (SSSR count). The second-order valence-corrected chi connectivity index (χ2v) is 13.7. The van der Waals surface area contributed by atoms with Crippen molar-refractivity contribution in [1.29, 1.82) is 0 Å². The Bertz CT molecular complexity index is 1810. The van der Waals surface area contributed by atoms with Crippen molar-refractivity contribution >= 4 is 63.5 Å². The number of hydrogen-bond donors (Lipinski definition) is 1. The number of aromatic hydroxyl groups is 1. The van der Waals surface area contributed by atoms with Crippen molar-refractivity contribution in [2.24, 2.45) is 23.7 Å². The first-order valence-corrected chi connectivity index (χ1v) is 16.4. The lowest BCUT2D eigenvalue weighted by atomic mass is 9.49. The van der Waals surface area contributed by atoms with Gasteiger partial charge in [-0.2, -0.15) is 0 Å². The molecule has 1 saturated carbocycles. The molecule has 6 atom stereocenters. The van der Waals surface area contributed by atoms with E-state index >= 15 is 4.79 Å². The second-order valence-electron chi connectivity index (χ2n) is 12.1. The number of carbonyl (C=O) groups excluding carboxylic acids is 4. The summed E-state index contributed by atoms with van der Waals surface area (Å²) in [5.41, 5.74) is 1.19. The number of halogens is 2. The molecule has 4 amide bonds. The van der Waals surface area contributed by atoms with E-state index in [1.807, 2.05) is 65.1 Å². The van der Waals surface area contributed by atoms with Crippen LogP contribution in [-0.4, -0.2) is 47.3 Å². The maximum Gasteiger partial charge on any atom is 0.246 e. The highest BCUT2D eigenvalue weighted by Gasteiger charge is 2.70. The molecule has 2 heterocycles. The van der Waals surface area contributed by atoms with E-state index in [1.54, 1.807) is 37.3 Å². The van der Waals surface area contributed by atoms with Gasteiger partial charge in [0.15, 0.2) is 11.5 Å². The largest absolute Gasteiger partial charge is 0.504 e. The quantitative estimate of drug-likeness (QED) is 0.201. The lowest BCUT2D eigenvalue weighted by Crippen LogP contribution is -2.53. The summed E-state index contributed by atoms with van der Waals surface area (Å²) in [7, 11) is 1.46. The number of anilines is 1. The van der Waals surface area contributed by atoms with Gasteiger partial charge < -0.3 is 9.84 Å². The number of methoxy groups -OCH3 is 1. The molecule has 45 heavy (non-hydrogen) atoms. The highest BCUT2D eigenvalue weighted by Crippen LogP contribution is 2.64. The van der Waals surface area contributed by atoms with Gasteiger partial charge in [-0.3, -0.25) is 24.1 Å². The van der Waals surface area contributed by atoms with Crippen LogP contribution in [0.2, 0.25) is 5.02 Å². The number of carbonyl (C=O) groups is 4. The molecule has 2 aliphatic carbocycles. The Hall–Kier alpha value is -3.70. The Morgan fingerprint density at radius 3 is 2.42 bits per heavy atom. The van der Waals surface area contributed by atoms with Crippen molar-refractivity contribution < 1.29 is 29.0 Å². The molecule has 2 aliphatic heterocycles. The SMILES string of the molecule is CCN1C(=O)[C@H]2[C@H](CC=C3[C@H]2C[C@H]2C(=O)N(c4cccc(Cl)c4)C(=O)[C@@]2(c2ccccc2)[C@H]3c2cc(I)c(O)c(OC)c2)C1=O.